The van der Waals surface area contributed by atoms with Gasteiger partial charge in [-0.2, -0.15) is 4.98 Å². The van der Waals surface area contributed by atoms with Crippen molar-refractivity contribution in [2.75, 3.05) is 6.54 Å². The van der Waals surface area contributed by atoms with Crippen molar-refractivity contribution in [3.05, 3.63) is 30.2 Å². The average molecular weight is 248 g/mol. The Bertz CT molecular complexity index is 536. The van der Waals surface area contributed by atoms with Gasteiger partial charge < -0.3 is 9.84 Å². The third-order valence-electron chi connectivity index (χ3n) is 3.01. The van der Waals surface area contributed by atoms with Gasteiger partial charge in [0.25, 0.3) is 0 Å². The van der Waals surface area contributed by atoms with Gasteiger partial charge >= 0.3 is 0 Å². The lowest BCUT2D eigenvalue weighted by molar-refractivity contribution is 0.297. The molecular weight excluding hydrogens is 235 g/mol. The molecule has 0 bridgehead atoms. The molecule has 3 rings (SSSR count). The third-order valence-corrected chi connectivity index (χ3v) is 3.01. The smallest absolute Gasteiger partial charge is 0.244 e. The van der Waals surface area contributed by atoms with Crippen LogP contribution in [0.15, 0.2) is 23.0 Å². The minimum Gasteiger partial charge on any atom is -0.337 e. The highest BCUT2D eigenvalue weighted by molar-refractivity contribution is 5.52. The number of hydrogen-bond donors (Lipinski definition) is 1. The Kier molecular flexibility index (Phi) is 3.02. The maximum atomic E-state index is 13.1. The highest BCUT2D eigenvalue weighted by Crippen LogP contribution is 2.23. The van der Waals surface area contributed by atoms with Gasteiger partial charge in [-0.05, 0) is 25.5 Å². The van der Waals surface area contributed by atoms with E-state index in [9.17, 15) is 4.39 Å². The number of hydrogen-bond acceptors (Lipinski definition) is 5. The molecule has 1 fully saturated rings. The van der Waals surface area contributed by atoms with Crippen LogP contribution >= 0.6 is 0 Å². The summed E-state index contributed by atoms with van der Waals surface area (Å²) in [4.78, 5) is 8.07. The van der Waals surface area contributed by atoms with Gasteiger partial charge in [0.05, 0.1) is 12.2 Å². The van der Waals surface area contributed by atoms with Crippen molar-refractivity contribution < 1.29 is 8.91 Å². The molecule has 1 aliphatic heterocycles. The van der Waals surface area contributed by atoms with E-state index in [1.54, 1.807) is 0 Å². The van der Waals surface area contributed by atoms with Gasteiger partial charge in [-0.1, -0.05) is 11.6 Å². The Labute approximate surface area is 103 Å². The molecule has 18 heavy (non-hydrogen) atoms. The van der Waals surface area contributed by atoms with Crippen LogP contribution < -0.4 is 5.32 Å². The molecule has 0 unspecified atom stereocenters. The van der Waals surface area contributed by atoms with E-state index < -0.39 is 5.82 Å². The first-order chi connectivity index (χ1) is 8.83. The Hall–Kier alpha value is -1.82. The third kappa shape index (κ3) is 2.24. The van der Waals surface area contributed by atoms with E-state index in [4.69, 9.17) is 4.52 Å². The Morgan fingerprint density at radius 2 is 2.28 bits per heavy atom. The zero-order valence-electron chi connectivity index (χ0n) is 9.77. The normalized spacial score (nSPS) is 19.9. The van der Waals surface area contributed by atoms with Gasteiger partial charge in [-0.25, -0.2) is 4.39 Å². The summed E-state index contributed by atoms with van der Waals surface area (Å²) >= 11 is 0. The molecule has 0 spiro atoms. The van der Waals surface area contributed by atoms with Crippen LogP contribution in [0, 0.1) is 5.82 Å². The second kappa shape index (κ2) is 4.81. The molecule has 1 aliphatic rings. The molecule has 0 saturated carbocycles. The van der Waals surface area contributed by atoms with Crippen molar-refractivity contribution in [3.63, 3.8) is 0 Å². The number of nitrogens with zero attached hydrogens (tertiary/aromatic N) is 3. The Morgan fingerprint density at radius 1 is 1.33 bits per heavy atom. The number of aromatic nitrogens is 3. The topological polar surface area (TPSA) is 63.8 Å². The summed E-state index contributed by atoms with van der Waals surface area (Å²) in [6.07, 6.45) is 5.98. The molecule has 1 atom stereocenters. The highest BCUT2D eigenvalue weighted by Gasteiger charge is 2.21. The van der Waals surface area contributed by atoms with Gasteiger partial charge in [0, 0.05) is 11.8 Å². The lowest BCUT2D eigenvalue weighted by Crippen LogP contribution is -2.26. The lowest BCUT2D eigenvalue weighted by atomic mass is 10.1. The van der Waals surface area contributed by atoms with Crippen LogP contribution in [0.5, 0.6) is 0 Å². The van der Waals surface area contributed by atoms with Crippen molar-refractivity contribution in [2.45, 2.75) is 25.3 Å². The fraction of sp³-hybridized carbons (Fsp3) is 0.417. The molecule has 3 heterocycles. The van der Waals surface area contributed by atoms with Gasteiger partial charge in [0.2, 0.25) is 11.7 Å². The maximum absolute atomic E-state index is 13.1. The quantitative estimate of drug-likeness (QED) is 0.881. The van der Waals surface area contributed by atoms with Crippen molar-refractivity contribution in [1.82, 2.24) is 20.4 Å². The first-order valence-electron chi connectivity index (χ1n) is 6.01. The van der Waals surface area contributed by atoms with Crippen molar-refractivity contribution in [3.8, 4) is 11.4 Å². The van der Waals surface area contributed by atoms with E-state index >= 15 is 0 Å². The minimum atomic E-state index is -0.408. The van der Waals surface area contributed by atoms with Crippen LogP contribution in [-0.4, -0.2) is 21.7 Å². The number of halogens is 1. The molecule has 94 valence electrons. The monoisotopic (exact) mass is 248 g/mol. The van der Waals surface area contributed by atoms with Crippen molar-refractivity contribution >= 4 is 0 Å². The molecule has 2 aromatic rings. The summed E-state index contributed by atoms with van der Waals surface area (Å²) < 4.78 is 18.3. The SMILES string of the molecule is Fc1cncc(-c2noc([C@@H]3CCCCN3)n2)c1. The molecule has 6 heteroatoms. The van der Waals surface area contributed by atoms with Crippen LogP contribution in [0.1, 0.15) is 31.2 Å². The van der Waals surface area contributed by atoms with Crippen LogP contribution in [-0.2, 0) is 0 Å². The van der Waals surface area contributed by atoms with Gasteiger partial charge in [-0.3, -0.25) is 4.98 Å². The van der Waals surface area contributed by atoms with E-state index in [-0.39, 0.29) is 6.04 Å². The fourth-order valence-corrected chi connectivity index (χ4v) is 2.09. The second-order valence-electron chi connectivity index (χ2n) is 4.35. The minimum absolute atomic E-state index is 0.113. The second-order valence-corrected chi connectivity index (χ2v) is 4.35. The molecule has 5 nitrogen and oxygen atoms in total. The van der Waals surface area contributed by atoms with E-state index in [0.717, 1.165) is 25.6 Å². The maximum Gasteiger partial charge on any atom is 0.244 e. The average Bonchev–Trinajstić information content (AvgIpc) is 2.89. The molecule has 0 amide bonds. The molecule has 0 radical (unpaired) electrons. The predicted octanol–water partition coefficient (Wildman–Crippen LogP) is 2.09. The number of nitrogens with one attached hydrogen (secondary N) is 1. The molecule has 0 aliphatic carbocycles. The number of pyridine rings is 1. The largest absolute Gasteiger partial charge is 0.337 e. The summed E-state index contributed by atoms with van der Waals surface area (Å²) in [5.74, 6) is 0.535. The van der Waals surface area contributed by atoms with E-state index in [2.05, 4.69) is 20.4 Å². The number of rotatable bonds is 2. The van der Waals surface area contributed by atoms with Crippen LogP contribution in [0.4, 0.5) is 4.39 Å². The van der Waals surface area contributed by atoms with Gasteiger partial charge in [0.15, 0.2) is 0 Å². The fourth-order valence-electron chi connectivity index (χ4n) is 2.09. The molecule has 1 saturated heterocycles. The van der Waals surface area contributed by atoms with E-state index in [1.165, 1.54) is 18.7 Å². The summed E-state index contributed by atoms with van der Waals surface area (Å²) in [7, 11) is 0. The van der Waals surface area contributed by atoms with Gasteiger partial charge in [0.1, 0.15) is 5.82 Å². The standard InChI is InChI=1S/C12H13FN4O/c13-9-5-8(6-14-7-9)11-16-12(18-17-11)10-3-1-2-4-15-10/h5-7,10,15H,1-4H2/t10-/m0/s1. The van der Waals surface area contributed by atoms with E-state index in [1.807, 2.05) is 0 Å². The molecule has 1 N–H and O–H groups in total. The van der Waals surface area contributed by atoms with Crippen molar-refractivity contribution in [1.29, 1.82) is 0 Å². The molecule has 2 aromatic heterocycles. The summed E-state index contributed by atoms with van der Waals surface area (Å²) in [6, 6.07) is 1.46. The summed E-state index contributed by atoms with van der Waals surface area (Å²) in [5, 5.41) is 7.20. The zero-order chi connectivity index (χ0) is 12.4. The Morgan fingerprint density at radius 3 is 3.06 bits per heavy atom. The van der Waals surface area contributed by atoms with E-state index in [0.29, 0.717) is 17.3 Å². The molecular formula is C12H13FN4O. The number of piperidine rings is 1. The first-order valence-corrected chi connectivity index (χ1v) is 6.01. The van der Waals surface area contributed by atoms with Crippen molar-refractivity contribution in [2.24, 2.45) is 0 Å². The van der Waals surface area contributed by atoms with Crippen LogP contribution in [0.3, 0.4) is 0 Å². The lowest BCUT2D eigenvalue weighted by Gasteiger charge is -2.19. The zero-order valence-corrected chi connectivity index (χ0v) is 9.77. The van der Waals surface area contributed by atoms with Crippen LogP contribution in [0.25, 0.3) is 11.4 Å². The molecule has 0 aromatic carbocycles. The van der Waals surface area contributed by atoms with Gasteiger partial charge in [-0.15, -0.1) is 0 Å². The predicted molar refractivity (Wildman–Crippen MR) is 62.1 cm³/mol. The highest BCUT2D eigenvalue weighted by atomic mass is 19.1. The first kappa shape index (κ1) is 11.3. The Balaban J connectivity index is 1.84. The summed E-state index contributed by atoms with van der Waals surface area (Å²) in [6.45, 7) is 0.962. The van der Waals surface area contributed by atoms with Crippen LogP contribution in [0.2, 0.25) is 0 Å². The summed E-state index contributed by atoms with van der Waals surface area (Å²) in [5.41, 5.74) is 0.529.